The summed E-state index contributed by atoms with van der Waals surface area (Å²) < 4.78 is 28.9. The number of anilines is 1. The highest BCUT2D eigenvalue weighted by atomic mass is 32.2. The van der Waals surface area contributed by atoms with Crippen LogP contribution in [0.2, 0.25) is 0 Å². The fraction of sp³-hybridized carbons (Fsp3) is 0.333. The number of carbonyl (C=O) groups is 2. The lowest BCUT2D eigenvalue weighted by Gasteiger charge is -2.32. The number of benzene rings is 3. The van der Waals surface area contributed by atoms with E-state index in [0.29, 0.717) is 5.69 Å². The highest BCUT2D eigenvalue weighted by molar-refractivity contribution is 7.98. The first kappa shape index (κ1) is 30.2. The number of hydrogen-bond acceptors (Lipinski definition) is 5. The second-order valence-electron chi connectivity index (χ2n) is 9.52. The van der Waals surface area contributed by atoms with E-state index in [-0.39, 0.29) is 23.4 Å². The van der Waals surface area contributed by atoms with Crippen molar-refractivity contribution in [3.05, 3.63) is 90.0 Å². The minimum Gasteiger partial charge on any atom is -0.352 e. The molecule has 3 rings (SSSR count). The summed E-state index contributed by atoms with van der Waals surface area (Å²) in [5, 5.41) is 2.94. The lowest BCUT2D eigenvalue weighted by atomic mass is 10.1. The summed E-state index contributed by atoms with van der Waals surface area (Å²) in [6.07, 6.45) is 2.67. The average Bonchev–Trinajstić information content (AvgIpc) is 2.95. The summed E-state index contributed by atoms with van der Waals surface area (Å²) >= 11 is 1.51. The molecule has 2 amide bonds. The van der Waals surface area contributed by atoms with Crippen molar-refractivity contribution in [3.63, 3.8) is 0 Å². The van der Waals surface area contributed by atoms with Crippen molar-refractivity contribution in [1.29, 1.82) is 0 Å². The highest BCUT2D eigenvalue weighted by Gasteiger charge is 2.32. The predicted octanol–water partition coefficient (Wildman–Crippen LogP) is 5.24. The Labute approximate surface area is 236 Å². The number of amides is 2. The molecular weight excluding hydrogens is 530 g/mol. The van der Waals surface area contributed by atoms with Gasteiger partial charge in [-0.25, -0.2) is 8.42 Å². The SMILES string of the molecule is CC[C@@H](C)NC(=O)[C@H](C)N(Cc1ccccc1)C(=O)CN(c1ccc(C)cc1)S(=O)(=O)c1ccc(SC)cc1. The van der Waals surface area contributed by atoms with Crippen LogP contribution in [0.1, 0.15) is 38.3 Å². The van der Waals surface area contributed by atoms with E-state index in [2.05, 4.69) is 5.32 Å². The molecule has 0 unspecified atom stereocenters. The minimum atomic E-state index is -4.09. The minimum absolute atomic E-state index is 0.0534. The molecule has 208 valence electrons. The Bertz CT molecular complexity index is 1350. The Morgan fingerprint density at radius 1 is 0.923 bits per heavy atom. The van der Waals surface area contributed by atoms with Crippen molar-refractivity contribution in [3.8, 4) is 0 Å². The zero-order valence-electron chi connectivity index (χ0n) is 23.1. The van der Waals surface area contributed by atoms with E-state index in [9.17, 15) is 18.0 Å². The van der Waals surface area contributed by atoms with Gasteiger partial charge in [-0.2, -0.15) is 0 Å². The van der Waals surface area contributed by atoms with Crippen LogP contribution in [0.4, 0.5) is 5.69 Å². The van der Waals surface area contributed by atoms with E-state index in [0.717, 1.165) is 26.7 Å². The van der Waals surface area contributed by atoms with Crippen LogP contribution in [0.3, 0.4) is 0 Å². The first-order valence-corrected chi connectivity index (χ1v) is 15.6. The van der Waals surface area contributed by atoms with Gasteiger partial charge in [0.05, 0.1) is 10.6 Å². The van der Waals surface area contributed by atoms with Crippen molar-refractivity contribution in [2.75, 3.05) is 17.1 Å². The molecule has 0 aromatic heterocycles. The molecule has 0 heterocycles. The number of rotatable bonds is 12. The molecule has 0 aliphatic carbocycles. The van der Waals surface area contributed by atoms with E-state index >= 15 is 0 Å². The normalized spacial score (nSPS) is 12.8. The van der Waals surface area contributed by atoms with Gasteiger partial charge in [0.1, 0.15) is 12.6 Å². The smallest absolute Gasteiger partial charge is 0.264 e. The van der Waals surface area contributed by atoms with Crippen LogP contribution in [0.25, 0.3) is 0 Å². The van der Waals surface area contributed by atoms with E-state index in [1.54, 1.807) is 43.3 Å². The van der Waals surface area contributed by atoms with Crippen LogP contribution in [-0.2, 0) is 26.2 Å². The first-order chi connectivity index (χ1) is 18.6. The van der Waals surface area contributed by atoms with Crippen LogP contribution in [0, 0.1) is 6.92 Å². The van der Waals surface area contributed by atoms with Crippen LogP contribution in [0.15, 0.2) is 88.7 Å². The molecule has 0 spiro atoms. The number of thioether (sulfide) groups is 1. The number of aryl methyl sites for hydroxylation is 1. The van der Waals surface area contributed by atoms with Crippen molar-refractivity contribution in [1.82, 2.24) is 10.2 Å². The van der Waals surface area contributed by atoms with Gasteiger partial charge in [0.25, 0.3) is 10.0 Å². The van der Waals surface area contributed by atoms with Crippen LogP contribution >= 0.6 is 11.8 Å². The van der Waals surface area contributed by atoms with Gasteiger partial charge in [-0.1, -0.05) is 55.0 Å². The third-order valence-corrected chi connectivity index (χ3v) is 9.14. The maximum atomic E-state index is 13.9. The standard InChI is InChI=1S/C30H37N3O4S2/c1-6-23(3)31-30(35)24(4)32(20-25-10-8-7-9-11-25)29(34)21-33(26-14-12-22(2)13-15-26)39(36,37)28-18-16-27(38-5)17-19-28/h7-19,23-24H,6,20-21H2,1-5H3,(H,31,35)/t23-,24+/m1/s1. The summed E-state index contributed by atoms with van der Waals surface area (Å²) in [6, 6.07) is 22.1. The second-order valence-corrected chi connectivity index (χ2v) is 12.3. The molecule has 2 atom stereocenters. The molecule has 9 heteroatoms. The Balaban J connectivity index is 2.00. The van der Waals surface area contributed by atoms with E-state index in [1.807, 2.05) is 69.5 Å². The number of hydrogen-bond donors (Lipinski definition) is 1. The fourth-order valence-electron chi connectivity index (χ4n) is 3.94. The number of sulfonamides is 1. The molecule has 0 aliphatic rings. The molecule has 3 aromatic carbocycles. The zero-order valence-corrected chi connectivity index (χ0v) is 24.8. The van der Waals surface area contributed by atoms with Gasteiger partial charge in [0.15, 0.2) is 0 Å². The lowest BCUT2D eigenvalue weighted by molar-refractivity contribution is -0.139. The molecule has 0 saturated carbocycles. The van der Waals surface area contributed by atoms with Crippen LogP contribution in [-0.4, -0.2) is 50.0 Å². The second kappa shape index (κ2) is 13.7. The van der Waals surface area contributed by atoms with E-state index in [4.69, 9.17) is 0 Å². The fourth-order valence-corrected chi connectivity index (χ4v) is 5.77. The molecule has 0 radical (unpaired) electrons. The van der Waals surface area contributed by atoms with Crippen molar-refractivity contribution >= 4 is 39.3 Å². The van der Waals surface area contributed by atoms with Gasteiger partial charge in [0, 0.05) is 17.5 Å². The molecule has 39 heavy (non-hydrogen) atoms. The number of nitrogens with one attached hydrogen (secondary N) is 1. The van der Waals surface area contributed by atoms with Crippen LogP contribution in [0.5, 0.6) is 0 Å². The summed E-state index contributed by atoms with van der Waals surface area (Å²) in [5.74, 6) is -0.762. The quantitative estimate of drug-likeness (QED) is 0.302. The Morgan fingerprint density at radius 3 is 2.10 bits per heavy atom. The largest absolute Gasteiger partial charge is 0.352 e. The maximum absolute atomic E-state index is 13.9. The molecular formula is C30H37N3O4S2. The van der Waals surface area contributed by atoms with Crippen LogP contribution < -0.4 is 9.62 Å². The summed E-state index contributed by atoms with van der Waals surface area (Å²) in [4.78, 5) is 29.5. The van der Waals surface area contributed by atoms with Gasteiger partial charge >= 0.3 is 0 Å². The van der Waals surface area contributed by atoms with E-state index < -0.39 is 28.5 Å². The first-order valence-electron chi connectivity index (χ1n) is 12.9. The van der Waals surface area contributed by atoms with Crippen molar-refractivity contribution in [2.24, 2.45) is 0 Å². The molecule has 3 aromatic rings. The average molecular weight is 568 g/mol. The van der Waals surface area contributed by atoms with Gasteiger partial charge in [-0.15, -0.1) is 11.8 Å². The topological polar surface area (TPSA) is 86.8 Å². The molecule has 0 fully saturated rings. The van der Waals surface area contributed by atoms with E-state index in [1.165, 1.54) is 16.7 Å². The van der Waals surface area contributed by atoms with Crippen molar-refractivity contribution in [2.45, 2.75) is 62.5 Å². The molecule has 7 nitrogen and oxygen atoms in total. The number of nitrogens with zero attached hydrogens (tertiary/aromatic N) is 2. The maximum Gasteiger partial charge on any atom is 0.264 e. The Kier molecular flexibility index (Phi) is 10.6. The summed E-state index contributed by atoms with van der Waals surface area (Å²) in [6.45, 7) is 7.17. The summed E-state index contributed by atoms with van der Waals surface area (Å²) in [7, 11) is -4.09. The summed E-state index contributed by atoms with van der Waals surface area (Å²) in [5.41, 5.74) is 2.18. The van der Waals surface area contributed by atoms with Gasteiger partial charge in [0.2, 0.25) is 11.8 Å². The molecule has 0 aliphatic heterocycles. The lowest BCUT2D eigenvalue weighted by Crippen LogP contribution is -2.52. The highest BCUT2D eigenvalue weighted by Crippen LogP contribution is 2.26. The zero-order chi connectivity index (χ0) is 28.6. The Hall–Kier alpha value is -3.30. The molecule has 0 saturated heterocycles. The third-order valence-electron chi connectivity index (χ3n) is 6.61. The molecule has 1 N–H and O–H groups in total. The van der Waals surface area contributed by atoms with Gasteiger partial charge < -0.3 is 10.2 Å². The van der Waals surface area contributed by atoms with Gasteiger partial charge in [-0.05, 0) is 75.4 Å². The van der Waals surface area contributed by atoms with Crippen molar-refractivity contribution < 1.29 is 18.0 Å². The Morgan fingerprint density at radius 2 is 1.54 bits per heavy atom. The predicted molar refractivity (Wildman–Crippen MR) is 158 cm³/mol. The monoisotopic (exact) mass is 567 g/mol. The molecule has 0 bridgehead atoms. The van der Waals surface area contributed by atoms with Gasteiger partial charge in [-0.3, -0.25) is 13.9 Å². The third kappa shape index (κ3) is 7.86. The number of carbonyl (C=O) groups excluding carboxylic acids is 2.